The number of halogens is 1. The van der Waals surface area contributed by atoms with E-state index in [-0.39, 0.29) is 11.8 Å². The normalized spacial score (nSPS) is 12.5. The molecule has 29 heavy (non-hydrogen) atoms. The van der Waals surface area contributed by atoms with E-state index in [4.69, 9.17) is 4.42 Å². The summed E-state index contributed by atoms with van der Waals surface area (Å²) in [5, 5.41) is 23.4. The Balaban J connectivity index is 1.53. The van der Waals surface area contributed by atoms with Gasteiger partial charge in [0.15, 0.2) is 6.10 Å². The number of benzene rings is 1. The minimum Gasteiger partial charge on any atom is -0.417 e. The Morgan fingerprint density at radius 1 is 1.17 bits per heavy atom. The van der Waals surface area contributed by atoms with Gasteiger partial charge in [-0.05, 0) is 23.8 Å². The van der Waals surface area contributed by atoms with E-state index in [0.717, 1.165) is 16.5 Å². The van der Waals surface area contributed by atoms with Crippen LogP contribution in [0.3, 0.4) is 0 Å². The third-order valence-corrected chi connectivity index (χ3v) is 4.64. The molecule has 1 atom stereocenters. The molecule has 0 bridgehead atoms. The molecule has 8 nitrogen and oxygen atoms in total. The van der Waals surface area contributed by atoms with Gasteiger partial charge in [-0.3, -0.25) is 4.68 Å². The Hall–Kier alpha value is -3.85. The molecule has 9 heteroatoms. The summed E-state index contributed by atoms with van der Waals surface area (Å²) in [5.41, 5.74) is 3.48. The van der Waals surface area contributed by atoms with Crippen molar-refractivity contribution in [2.45, 2.75) is 6.10 Å². The third-order valence-electron chi connectivity index (χ3n) is 4.64. The van der Waals surface area contributed by atoms with E-state index in [1.807, 2.05) is 19.3 Å². The molecule has 0 radical (unpaired) electrons. The van der Waals surface area contributed by atoms with Gasteiger partial charge in [0.2, 0.25) is 11.8 Å². The molecule has 0 saturated carbocycles. The zero-order valence-corrected chi connectivity index (χ0v) is 15.2. The van der Waals surface area contributed by atoms with Crippen LogP contribution in [0.25, 0.3) is 33.6 Å². The van der Waals surface area contributed by atoms with Crippen molar-refractivity contribution in [1.82, 2.24) is 29.9 Å². The van der Waals surface area contributed by atoms with Crippen LogP contribution in [-0.4, -0.2) is 35.1 Å². The molecule has 5 rings (SSSR count). The van der Waals surface area contributed by atoms with Crippen molar-refractivity contribution in [1.29, 1.82) is 0 Å². The maximum absolute atomic E-state index is 13.4. The lowest BCUT2D eigenvalue weighted by atomic mass is 10.1. The van der Waals surface area contributed by atoms with Gasteiger partial charge in [0, 0.05) is 42.2 Å². The molecule has 0 aliphatic heterocycles. The second-order valence-electron chi connectivity index (χ2n) is 6.63. The van der Waals surface area contributed by atoms with E-state index < -0.39 is 11.9 Å². The number of nitrogens with one attached hydrogen (secondary N) is 1. The Labute approximate surface area is 163 Å². The maximum Gasteiger partial charge on any atom is 0.250 e. The smallest absolute Gasteiger partial charge is 0.250 e. The van der Waals surface area contributed by atoms with Crippen molar-refractivity contribution in [2.24, 2.45) is 7.05 Å². The maximum atomic E-state index is 13.4. The van der Waals surface area contributed by atoms with Crippen LogP contribution in [0.4, 0.5) is 4.39 Å². The van der Waals surface area contributed by atoms with Crippen LogP contribution in [0.15, 0.2) is 59.5 Å². The standard InChI is InChI=1S/C20H15FN6O2/c1-27-10-13(8-24-27)12-6-15-16(9-23-18(15)22-7-12)19-25-26-20(29-19)17(28)11-3-2-4-14(21)5-11/h2-10,17,28H,1H3,(H,22,23). The fourth-order valence-corrected chi connectivity index (χ4v) is 3.18. The molecular weight excluding hydrogens is 375 g/mol. The number of aromatic nitrogens is 6. The summed E-state index contributed by atoms with van der Waals surface area (Å²) in [7, 11) is 1.85. The highest BCUT2D eigenvalue weighted by Crippen LogP contribution is 2.31. The number of aliphatic hydroxyl groups excluding tert-OH is 1. The van der Waals surface area contributed by atoms with Crippen LogP contribution >= 0.6 is 0 Å². The first-order valence-corrected chi connectivity index (χ1v) is 8.82. The third kappa shape index (κ3) is 3.07. The van der Waals surface area contributed by atoms with Crippen molar-refractivity contribution >= 4 is 11.0 Å². The number of pyridine rings is 1. The number of aryl methyl sites for hydroxylation is 1. The van der Waals surface area contributed by atoms with Crippen LogP contribution in [0.2, 0.25) is 0 Å². The Morgan fingerprint density at radius 2 is 2.07 bits per heavy atom. The Morgan fingerprint density at radius 3 is 2.86 bits per heavy atom. The number of nitrogens with zero attached hydrogens (tertiary/aromatic N) is 5. The molecule has 2 N–H and O–H groups in total. The summed E-state index contributed by atoms with van der Waals surface area (Å²) < 4.78 is 20.8. The fourth-order valence-electron chi connectivity index (χ4n) is 3.18. The van der Waals surface area contributed by atoms with Crippen LogP contribution in [0, 0.1) is 5.82 Å². The largest absolute Gasteiger partial charge is 0.417 e. The number of H-pyrrole nitrogens is 1. The van der Waals surface area contributed by atoms with Crippen LogP contribution < -0.4 is 0 Å². The average Bonchev–Trinajstić information content (AvgIpc) is 3.46. The molecule has 0 amide bonds. The van der Waals surface area contributed by atoms with E-state index in [1.54, 1.807) is 29.3 Å². The van der Waals surface area contributed by atoms with Crippen LogP contribution in [-0.2, 0) is 7.05 Å². The zero-order valence-electron chi connectivity index (χ0n) is 15.2. The molecule has 0 spiro atoms. The van der Waals surface area contributed by atoms with E-state index in [2.05, 4.69) is 25.3 Å². The van der Waals surface area contributed by atoms with Gasteiger partial charge in [-0.2, -0.15) is 5.10 Å². The van der Waals surface area contributed by atoms with E-state index in [0.29, 0.717) is 16.8 Å². The minimum absolute atomic E-state index is 0.0173. The Bertz CT molecular complexity index is 1320. The highest BCUT2D eigenvalue weighted by Gasteiger charge is 2.21. The second-order valence-corrected chi connectivity index (χ2v) is 6.63. The summed E-state index contributed by atoms with van der Waals surface area (Å²) in [6.45, 7) is 0. The van der Waals surface area contributed by atoms with E-state index >= 15 is 0 Å². The predicted molar refractivity (Wildman–Crippen MR) is 102 cm³/mol. The first-order chi connectivity index (χ1) is 14.1. The molecular formula is C20H15FN6O2. The molecule has 5 aromatic rings. The number of hydrogen-bond donors (Lipinski definition) is 2. The lowest BCUT2D eigenvalue weighted by Crippen LogP contribution is -2.00. The predicted octanol–water partition coefficient (Wildman–Crippen LogP) is 3.23. The molecule has 0 aliphatic rings. The van der Waals surface area contributed by atoms with Crippen LogP contribution in [0.1, 0.15) is 17.6 Å². The summed E-state index contributed by atoms with van der Waals surface area (Å²) in [4.78, 5) is 7.52. The van der Waals surface area contributed by atoms with Crippen molar-refractivity contribution < 1.29 is 13.9 Å². The van der Waals surface area contributed by atoms with Gasteiger partial charge in [-0.15, -0.1) is 10.2 Å². The van der Waals surface area contributed by atoms with Gasteiger partial charge in [0.1, 0.15) is 11.5 Å². The highest BCUT2D eigenvalue weighted by atomic mass is 19.1. The summed E-state index contributed by atoms with van der Waals surface area (Å²) in [6, 6.07) is 7.58. The topological polar surface area (TPSA) is 106 Å². The quantitative estimate of drug-likeness (QED) is 0.488. The number of rotatable bonds is 4. The second kappa shape index (κ2) is 6.64. The molecule has 4 aromatic heterocycles. The van der Waals surface area contributed by atoms with Crippen molar-refractivity contribution in [3.8, 4) is 22.6 Å². The first kappa shape index (κ1) is 17.3. The van der Waals surface area contributed by atoms with Gasteiger partial charge >= 0.3 is 0 Å². The zero-order chi connectivity index (χ0) is 20.0. The number of hydrogen-bond acceptors (Lipinski definition) is 6. The van der Waals surface area contributed by atoms with Gasteiger partial charge < -0.3 is 14.5 Å². The lowest BCUT2D eigenvalue weighted by Gasteiger charge is -2.05. The van der Waals surface area contributed by atoms with Crippen molar-refractivity contribution in [2.75, 3.05) is 0 Å². The SMILES string of the molecule is Cn1cc(-c2cnc3[nH]cc(-c4nnc(C(O)c5cccc(F)c5)o4)c3c2)cn1. The summed E-state index contributed by atoms with van der Waals surface area (Å²) in [5.74, 6) is -0.241. The monoisotopic (exact) mass is 390 g/mol. The average molecular weight is 390 g/mol. The minimum atomic E-state index is -1.22. The number of aromatic amines is 1. The van der Waals surface area contributed by atoms with Gasteiger partial charge in [-0.25, -0.2) is 9.37 Å². The van der Waals surface area contributed by atoms with Gasteiger partial charge in [0.05, 0.1) is 11.8 Å². The molecule has 0 saturated heterocycles. The van der Waals surface area contributed by atoms with Gasteiger partial charge in [0.25, 0.3) is 0 Å². The molecule has 0 fully saturated rings. The molecule has 0 aliphatic carbocycles. The number of aliphatic hydroxyl groups is 1. The fraction of sp³-hybridized carbons (Fsp3) is 0.100. The molecule has 144 valence electrons. The van der Waals surface area contributed by atoms with Crippen LogP contribution in [0.5, 0.6) is 0 Å². The summed E-state index contributed by atoms with van der Waals surface area (Å²) in [6.07, 6.45) is 5.91. The van der Waals surface area contributed by atoms with E-state index in [9.17, 15) is 9.50 Å². The highest BCUT2D eigenvalue weighted by molar-refractivity contribution is 5.93. The van der Waals surface area contributed by atoms with E-state index in [1.165, 1.54) is 18.2 Å². The van der Waals surface area contributed by atoms with Gasteiger partial charge in [-0.1, -0.05) is 12.1 Å². The molecule has 4 heterocycles. The first-order valence-electron chi connectivity index (χ1n) is 8.82. The summed E-state index contributed by atoms with van der Waals surface area (Å²) >= 11 is 0. The van der Waals surface area contributed by atoms with Crippen molar-refractivity contribution in [3.05, 3.63) is 72.4 Å². The lowest BCUT2D eigenvalue weighted by molar-refractivity contribution is 0.183. The Kier molecular flexibility index (Phi) is 3.95. The number of fused-ring (bicyclic) bond motifs is 1. The molecule has 1 unspecified atom stereocenters. The molecule has 1 aromatic carbocycles. The van der Waals surface area contributed by atoms with Crippen molar-refractivity contribution in [3.63, 3.8) is 0 Å².